The average Bonchev–Trinajstić information content (AvgIpc) is 2.13. The third-order valence-corrected chi connectivity index (χ3v) is 3.98. The van der Waals surface area contributed by atoms with Gasteiger partial charge < -0.3 is 5.73 Å². The first-order valence-corrected chi connectivity index (χ1v) is 6.39. The van der Waals surface area contributed by atoms with Crippen molar-refractivity contribution in [3.05, 3.63) is 29.8 Å². The van der Waals surface area contributed by atoms with Gasteiger partial charge in [-0.2, -0.15) is 13.2 Å². The van der Waals surface area contributed by atoms with Gasteiger partial charge in [0.05, 0.1) is 0 Å². The topological polar surface area (TPSA) is 26.0 Å². The van der Waals surface area contributed by atoms with Gasteiger partial charge in [0.1, 0.15) is 0 Å². The molecule has 0 aliphatic heterocycles. The molecular weight excluding hydrogens is 283 g/mol. The third-order valence-electron chi connectivity index (χ3n) is 3.16. The molecule has 0 amide bonds. The van der Waals surface area contributed by atoms with Crippen molar-refractivity contribution in [1.82, 2.24) is 0 Å². The van der Waals surface area contributed by atoms with Crippen molar-refractivity contribution >= 4 is 24.2 Å². The molecule has 0 spiro atoms. The van der Waals surface area contributed by atoms with Crippen molar-refractivity contribution in [2.75, 3.05) is 0 Å². The Hall–Kier alpha value is -0.390. The van der Waals surface area contributed by atoms with E-state index in [0.717, 1.165) is 19.3 Å². The molecular formula is C12H15ClF3NS. The highest BCUT2D eigenvalue weighted by atomic mass is 35.5. The number of thioether (sulfide) groups is 1. The molecule has 0 saturated heterocycles. The predicted molar refractivity (Wildman–Crippen MR) is 69.9 cm³/mol. The maximum absolute atomic E-state index is 12.4. The van der Waals surface area contributed by atoms with Crippen LogP contribution in [0.5, 0.6) is 0 Å². The van der Waals surface area contributed by atoms with Gasteiger partial charge in [0.25, 0.3) is 0 Å². The van der Waals surface area contributed by atoms with Gasteiger partial charge in [-0.1, -0.05) is 24.6 Å². The van der Waals surface area contributed by atoms with Crippen LogP contribution in [0.15, 0.2) is 29.2 Å². The van der Waals surface area contributed by atoms with Crippen LogP contribution in [0.4, 0.5) is 13.2 Å². The highest BCUT2D eigenvalue weighted by Gasteiger charge is 2.33. The van der Waals surface area contributed by atoms with Gasteiger partial charge in [-0.05, 0) is 42.2 Å². The van der Waals surface area contributed by atoms with E-state index in [0.29, 0.717) is 11.5 Å². The maximum atomic E-state index is 12.4. The van der Waals surface area contributed by atoms with E-state index in [1.807, 2.05) is 0 Å². The van der Waals surface area contributed by atoms with Crippen LogP contribution < -0.4 is 5.73 Å². The molecule has 0 aromatic heterocycles. The summed E-state index contributed by atoms with van der Waals surface area (Å²) in [6.07, 6.45) is 3.17. The zero-order valence-electron chi connectivity index (χ0n) is 9.61. The SMILES string of the molecule is Cl.N[C@@H](c1ccccc1SC(F)(F)F)C1CCC1. The highest BCUT2D eigenvalue weighted by Crippen LogP contribution is 2.43. The molecule has 1 saturated carbocycles. The van der Waals surface area contributed by atoms with Gasteiger partial charge in [0.2, 0.25) is 0 Å². The molecule has 1 aromatic rings. The van der Waals surface area contributed by atoms with Crippen LogP contribution in [-0.4, -0.2) is 5.51 Å². The van der Waals surface area contributed by atoms with E-state index in [9.17, 15) is 13.2 Å². The summed E-state index contributed by atoms with van der Waals surface area (Å²) in [5.74, 6) is 0.338. The number of hydrogen-bond acceptors (Lipinski definition) is 2. The van der Waals surface area contributed by atoms with Gasteiger partial charge in [-0.15, -0.1) is 12.4 Å². The van der Waals surface area contributed by atoms with Crippen LogP contribution in [0.25, 0.3) is 0 Å². The molecule has 1 aromatic carbocycles. The molecule has 6 heteroatoms. The van der Waals surface area contributed by atoms with Crippen molar-refractivity contribution in [1.29, 1.82) is 0 Å². The number of alkyl halides is 3. The lowest BCUT2D eigenvalue weighted by Gasteiger charge is -2.32. The summed E-state index contributed by atoms with van der Waals surface area (Å²) in [5.41, 5.74) is 2.41. The fraction of sp³-hybridized carbons (Fsp3) is 0.500. The minimum Gasteiger partial charge on any atom is -0.324 e. The fourth-order valence-corrected chi connectivity index (χ4v) is 2.74. The normalized spacial score (nSPS) is 17.8. The second kappa shape index (κ2) is 6.17. The van der Waals surface area contributed by atoms with E-state index < -0.39 is 5.51 Å². The molecule has 0 unspecified atom stereocenters. The summed E-state index contributed by atoms with van der Waals surface area (Å²) in [6, 6.07) is 6.29. The van der Waals surface area contributed by atoms with Crippen LogP contribution in [0.2, 0.25) is 0 Å². The lowest BCUT2D eigenvalue weighted by molar-refractivity contribution is -0.0328. The predicted octanol–water partition coefficient (Wildman–Crippen LogP) is 4.52. The largest absolute Gasteiger partial charge is 0.446 e. The van der Waals surface area contributed by atoms with Crippen molar-refractivity contribution in [2.24, 2.45) is 11.7 Å². The molecule has 1 atom stereocenters. The third kappa shape index (κ3) is 3.80. The molecule has 1 aliphatic carbocycles. The van der Waals surface area contributed by atoms with E-state index in [1.165, 1.54) is 6.07 Å². The first-order chi connectivity index (χ1) is 7.97. The van der Waals surface area contributed by atoms with Gasteiger partial charge in [-0.25, -0.2) is 0 Å². The first kappa shape index (κ1) is 15.7. The maximum Gasteiger partial charge on any atom is 0.446 e. The van der Waals surface area contributed by atoms with E-state index in [4.69, 9.17) is 5.73 Å². The summed E-state index contributed by atoms with van der Waals surface area (Å²) < 4.78 is 37.2. The highest BCUT2D eigenvalue weighted by molar-refractivity contribution is 8.00. The monoisotopic (exact) mass is 297 g/mol. The van der Waals surface area contributed by atoms with Crippen molar-refractivity contribution in [3.8, 4) is 0 Å². The summed E-state index contributed by atoms with van der Waals surface area (Å²) in [6.45, 7) is 0. The minimum atomic E-state index is -4.25. The summed E-state index contributed by atoms with van der Waals surface area (Å²) in [5, 5.41) is 0. The molecule has 1 fully saturated rings. The Labute approximate surface area is 115 Å². The fourth-order valence-electron chi connectivity index (χ4n) is 2.03. The number of rotatable bonds is 3. The van der Waals surface area contributed by atoms with Crippen LogP contribution in [-0.2, 0) is 0 Å². The smallest absolute Gasteiger partial charge is 0.324 e. The Morgan fingerprint density at radius 3 is 2.33 bits per heavy atom. The van der Waals surface area contributed by atoms with E-state index in [-0.39, 0.29) is 35.1 Å². The Morgan fingerprint density at radius 1 is 1.22 bits per heavy atom. The van der Waals surface area contributed by atoms with Crippen molar-refractivity contribution in [3.63, 3.8) is 0 Å². The van der Waals surface area contributed by atoms with Gasteiger partial charge in [0, 0.05) is 10.9 Å². The number of nitrogens with two attached hydrogens (primary N) is 1. The molecule has 0 bridgehead atoms. The van der Waals surface area contributed by atoms with E-state index in [2.05, 4.69) is 0 Å². The second-order valence-corrected chi connectivity index (χ2v) is 5.41. The zero-order chi connectivity index (χ0) is 12.5. The number of benzene rings is 1. The van der Waals surface area contributed by atoms with Gasteiger partial charge in [-0.3, -0.25) is 0 Å². The molecule has 2 N–H and O–H groups in total. The van der Waals surface area contributed by atoms with Crippen LogP contribution in [0.3, 0.4) is 0 Å². The summed E-state index contributed by atoms with van der Waals surface area (Å²) >= 11 is -0.0723. The summed E-state index contributed by atoms with van der Waals surface area (Å²) in [4.78, 5) is 0.236. The minimum absolute atomic E-state index is 0. The van der Waals surface area contributed by atoms with Crippen LogP contribution >= 0.6 is 24.2 Å². The first-order valence-electron chi connectivity index (χ1n) is 5.57. The average molecular weight is 298 g/mol. The van der Waals surface area contributed by atoms with Gasteiger partial charge >= 0.3 is 5.51 Å². The molecule has 1 nitrogen and oxygen atoms in total. The Morgan fingerprint density at radius 2 is 1.83 bits per heavy atom. The Kier molecular flexibility index (Phi) is 5.37. The van der Waals surface area contributed by atoms with Gasteiger partial charge in [0.15, 0.2) is 0 Å². The number of hydrogen-bond donors (Lipinski definition) is 1. The van der Waals surface area contributed by atoms with Crippen LogP contribution in [0.1, 0.15) is 30.9 Å². The van der Waals surface area contributed by atoms with Crippen molar-refractivity contribution < 1.29 is 13.2 Å². The molecule has 18 heavy (non-hydrogen) atoms. The van der Waals surface area contributed by atoms with Crippen LogP contribution in [0, 0.1) is 5.92 Å². The lowest BCUT2D eigenvalue weighted by Crippen LogP contribution is -2.27. The quantitative estimate of drug-likeness (QED) is 0.830. The molecule has 0 radical (unpaired) electrons. The Bertz CT molecular complexity index is 393. The number of halogens is 4. The molecule has 1 aliphatic rings. The zero-order valence-corrected chi connectivity index (χ0v) is 11.2. The second-order valence-electron chi connectivity index (χ2n) is 4.30. The molecule has 102 valence electrons. The van der Waals surface area contributed by atoms with E-state index >= 15 is 0 Å². The van der Waals surface area contributed by atoms with E-state index in [1.54, 1.807) is 18.2 Å². The standard InChI is InChI=1S/C12H14F3NS.ClH/c13-12(14,15)17-10-7-2-1-6-9(10)11(16)8-4-3-5-8;/h1-2,6-8,11H,3-5,16H2;1H/t11-;/m1./s1. The molecule has 2 rings (SSSR count). The molecule has 0 heterocycles. The Balaban J connectivity index is 0.00000162. The summed E-state index contributed by atoms with van der Waals surface area (Å²) in [7, 11) is 0. The van der Waals surface area contributed by atoms with Crippen molar-refractivity contribution in [2.45, 2.75) is 35.7 Å². The lowest BCUT2D eigenvalue weighted by atomic mass is 9.77.